The molecule has 0 aliphatic rings. The quantitative estimate of drug-likeness (QED) is 0.759. The van der Waals surface area contributed by atoms with Crippen LogP contribution in [0.25, 0.3) is 0 Å². The van der Waals surface area contributed by atoms with E-state index >= 15 is 0 Å². The third-order valence-electron chi connectivity index (χ3n) is 2.33. The van der Waals surface area contributed by atoms with E-state index in [1.54, 1.807) is 12.1 Å². The maximum atomic E-state index is 12.9. The number of hydrogen-bond acceptors (Lipinski definition) is 1. The largest absolute Gasteiger partial charge is 0.330 e. The van der Waals surface area contributed by atoms with E-state index in [9.17, 15) is 4.39 Å². The van der Waals surface area contributed by atoms with Gasteiger partial charge in [0.05, 0.1) is 0 Å². The summed E-state index contributed by atoms with van der Waals surface area (Å²) in [5.74, 6) is 0.244. The highest BCUT2D eigenvalue weighted by atomic mass is 19.1. The molecular weight excluding hydrogens is 165 g/mol. The lowest BCUT2D eigenvalue weighted by atomic mass is 9.93. The van der Waals surface area contributed by atoms with Gasteiger partial charge in [0.25, 0.3) is 0 Å². The molecule has 0 aliphatic carbocycles. The summed E-state index contributed by atoms with van der Waals surface area (Å²) in [6, 6.07) is 6.79. The van der Waals surface area contributed by atoms with Gasteiger partial charge in [0.2, 0.25) is 0 Å². The highest BCUT2D eigenvalue weighted by Gasteiger charge is 2.08. The Morgan fingerprint density at radius 3 is 2.77 bits per heavy atom. The summed E-state index contributed by atoms with van der Waals surface area (Å²) in [5, 5.41) is 0. The Labute approximate surface area is 78.8 Å². The first-order chi connectivity index (χ1) is 6.27. The summed E-state index contributed by atoms with van der Waals surface area (Å²) in [6.45, 7) is 2.76. The van der Waals surface area contributed by atoms with Crippen LogP contribution in [0.4, 0.5) is 4.39 Å². The Bertz CT molecular complexity index is 260. The molecule has 0 aromatic heterocycles. The molecule has 1 atom stereocenters. The standard InChI is InChI=1S/C11H16FN/c1-2-9(6-7-13)10-4-3-5-11(12)8-10/h3-5,8-9H,2,6-7,13H2,1H3. The number of hydrogen-bond donors (Lipinski definition) is 1. The number of rotatable bonds is 4. The molecule has 0 saturated carbocycles. The zero-order valence-corrected chi connectivity index (χ0v) is 7.96. The summed E-state index contributed by atoms with van der Waals surface area (Å²) in [4.78, 5) is 0. The van der Waals surface area contributed by atoms with E-state index in [1.165, 1.54) is 6.07 Å². The fourth-order valence-corrected chi connectivity index (χ4v) is 1.57. The van der Waals surface area contributed by atoms with Crippen molar-refractivity contribution in [3.05, 3.63) is 35.6 Å². The average Bonchev–Trinajstić information content (AvgIpc) is 2.14. The Hall–Kier alpha value is -0.890. The van der Waals surface area contributed by atoms with E-state index in [0.29, 0.717) is 12.5 Å². The number of halogens is 1. The third kappa shape index (κ3) is 2.81. The van der Waals surface area contributed by atoms with E-state index in [1.807, 2.05) is 6.07 Å². The SMILES string of the molecule is CCC(CCN)c1cccc(F)c1. The molecule has 0 spiro atoms. The molecule has 0 fully saturated rings. The third-order valence-corrected chi connectivity index (χ3v) is 2.33. The van der Waals surface area contributed by atoms with Gasteiger partial charge in [-0.15, -0.1) is 0 Å². The Morgan fingerprint density at radius 2 is 2.23 bits per heavy atom. The molecule has 0 aliphatic heterocycles. The molecule has 1 unspecified atom stereocenters. The normalized spacial score (nSPS) is 12.8. The van der Waals surface area contributed by atoms with Crippen LogP contribution in [0, 0.1) is 5.82 Å². The van der Waals surface area contributed by atoms with Crippen molar-refractivity contribution in [3.8, 4) is 0 Å². The van der Waals surface area contributed by atoms with E-state index in [-0.39, 0.29) is 5.82 Å². The molecule has 0 bridgehead atoms. The van der Waals surface area contributed by atoms with E-state index in [0.717, 1.165) is 18.4 Å². The van der Waals surface area contributed by atoms with Crippen LogP contribution in [0.15, 0.2) is 24.3 Å². The van der Waals surface area contributed by atoms with Gasteiger partial charge >= 0.3 is 0 Å². The molecule has 2 heteroatoms. The average molecular weight is 181 g/mol. The number of benzene rings is 1. The van der Waals surface area contributed by atoms with Gasteiger partial charge in [-0.3, -0.25) is 0 Å². The second-order valence-electron chi connectivity index (χ2n) is 3.24. The fraction of sp³-hybridized carbons (Fsp3) is 0.455. The minimum atomic E-state index is -0.159. The Kier molecular flexibility index (Phi) is 3.90. The molecular formula is C11H16FN. The van der Waals surface area contributed by atoms with Crippen molar-refractivity contribution >= 4 is 0 Å². The number of nitrogens with two attached hydrogens (primary N) is 1. The highest BCUT2D eigenvalue weighted by Crippen LogP contribution is 2.22. The zero-order chi connectivity index (χ0) is 9.68. The Morgan fingerprint density at radius 1 is 1.46 bits per heavy atom. The van der Waals surface area contributed by atoms with Crippen molar-refractivity contribution in [2.45, 2.75) is 25.7 Å². The topological polar surface area (TPSA) is 26.0 Å². The van der Waals surface area contributed by atoms with Crippen molar-refractivity contribution < 1.29 is 4.39 Å². The lowest BCUT2D eigenvalue weighted by Gasteiger charge is -2.13. The van der Waals surface area contributed by atoms with E-state index < -0.39 is 0 Å². The van der Waals surface area contributed by atoms with Gasteiger partial charge in [-0.05, 0) is 43.0 Å². The lowest BCUT2D eigenvalue weighted by Crippen LogP contribution is -2.06. The van der Waals surface area contributed by atoms with Gasteiger partial charge < -0.3 is 5.73 Å². The van der Waals surface area contributed by atoms with Crippen LogP contribution in [-0.4, -0.2) is 6.54 Å². The predicted octanol–water partition coefficient (Wildman–Crippen LogP) is 2.67. The summed E-state index contributed by atoms with van der Waals surface area (Å²) in [6.07, 6.45) is 1.95. The van der Waals surface area contributed by atoms with Crippen LogP contribution < -0.4 is 5.73 Å². The summed E-state index contributed by atoms with van der Waals surface area (Å²) in [7, 11) is 0. The van der Waals surface area contributed by atoms with Crippen LogP contribution in [0.1, 0.15) is 31.2 Å². The van der Waals surface area contributed by atoms with Crippen LogP contribution in [0.2, 0.25) is 0 Å². The summed E-state index contributed by atoms with van der Waals surface area (Å²) in [5.41, 5.74) is 6.55. The zero-order valence-electron chi connectivity index (χ0n) is 7.96. The van der Waals surface area contributed by atoms with Crippen LogP contribution in [-0.2, 0) is 0 Å². The maximum absolute atomic E-state index is 12.9. The van der Waals surface area contributed by atoms with Crippen molar-refractivity contribution in [1.82, 2.24) is 0 Å². The van der Waals surface area contributed by atoms with Crippen LogP contribution >= 0.6 is 0 Å². The van der Waals surface area contributed by atoms with Crippen molar-refractivity contribution in [1.29, 1.82) is 0 Å². The van der Waals surface area contributed by atoms with Gasteiger partial charge in [0, 0.05) is 0 Å². The molecule has 0 saturated heterocycles. The molecule has 1 rings (SSSR count). The maximum Gasteiger partial charge on any atom is 0.123 e. The second kappa shape index (κ2) is 4.97. The van der Waals surface area contributed by atoms with Crippen LogP contribution in [0.5, 0.6) is 0 Å². The minimum Gasteiger partial charge on any atom is -0.330 e. The monoisotopic (exact) mass is 181 g/mol. The molecule has 0 heterocycles. The van der Waals surface area contributed by atoms with Gasteiger partial charge in [-0.25, -0.2) is 4.39 Å². The molecule has 1 aromatic rings. The van der Waals surface area contributed by atoms with Crippen molar-refractivity contribution in [3.63, 3.8) is 0 Å². The lowest BCUT2D eigenvalue weighted by molar-refractivity contribution is 0.593. The smallest absolute Gasteiger partial charge is 0.123 e. The fourth-order valence-electron chi connectivity index (χ4n) is 1.57. The van der Waals surface area contributed by atoms with Gasteiger partial charge in [-0.1, -0.05) is 19.1 Å². The first kappa shape index (κ1) is 10.2. The predicted molar refractivity (Wildman–Crippen MR) is 53.1 cm³/mol. The molecule has 0 radical (unpaired) electrons. The molecule has 1 nitrogen and oxygen atoms in total. The van der Waals surface area contributed by atoms with Gasteiger partial charge in [0.1, 0.15) is 5.82 Å². The first-order valence-corrected chi connectivity index (χ1v) is 4.73. The Balaban J connectivity index is 2.78. The molecule has 2 N–H and O–H groups in total. The summed E-state index contributed by atoms with van der Waals surface area (Å²) >= 11 is 0. The van der Waals surface area contributed by atoms with Crippen molar-refractivity contribution in [2.24, 2.45) is 5.73 Å². The van der Waals surface area contributed by atoms with Gasteiger partial charge in [0.15, 0.2) is 0 Å². The van der Waals surface area contributed by atoms with E-state index in [4.69, 9.17) is 5.73 Å². The molecule has 72 valence electrons. The summed E-state index contributed by atoms with van der Waals surface area (Å²) < 4.78 is 12.9. The molecule has 13 heavy (non-hydrogen) atoms. The molecule has 0 amide bonds. The minimum absolute atomic E-state index is 0.159. The first-order valence-electron chi connectivity index (χ1n) is 4.73. The van der Waals surface area contributed by atoms with Crippen LogP contribution in [0.3, 0.4) is 0 Å². The van der Waals surface area contributed by atoms with Gasteiger partial charge in [-0.2, -0.15) is 0 Å². The second-order valence-corrected chi connectivity index (χ2v) is 3.24. The molecule has 1 aromatic carbocycles. The van der Waals surface area contributed by atoms with Crippen molar-refractivity contribution in [2.75, 3.05) is 6.54 Å². The van der Waals surface area contributed by atoms with E-state index in [2.05, 4.69) is 6.92 Å². The highest BCUT2D eigenvalue weighted by molar-refractivity contribution is 5.20.